The monoisotopic (exact) mass is 305 g/mol. The lowest BCUT2D eigenvalue weighted by atomic mass is 10.1. The maximum absolute atomic E-state index is 8.02. The highest BCUT2D eigenvalue weighted by Gasteiger charge is 2.12. The van der Waals surface area contributed by atoms with Crippen molar-refractivity contribution in [2.45, 2.75) is 20.4 Å². The van der Waals surface area contributed by atoms with E-state index in [2.05, 4.69) is 22.0 Å². The fourth-order valence-electron chi connectivity index (χ4n) is 2.53. The molecule has 0 radical (unpaired) electrons. The van der Waals surface area contributed by atoms with Crippen LogP contribution < -0.4 is 4.90 Å². The van der Waals surface area contributed by atoms with Gasteiger partial charge < -0.3 is 10.3 Å². The molecule has 0 saturated heterocycles. The van der Waals surface area contributed by atoms with Crippen LogP contribution in [0.2, 0.25) is 0 Å². The van der Waals surface area contributed by atoms with Gasteiger partial charge in [0, 0.05) is 42.4 Å². The third-order valence-electron chi connectivity index (χ3n) is 3.61. The van der Waals surface area contributed by atoms with Gasteiger partial charge in [-0.05, 0) is 25.5 Å². The zero-order chi connectivity index (χ0) is 16.7. The van der Waals surface area contributed by atoms with Gasteiger partial charge in [-0.1, -0.05) is 54.6 Å². The van der Waals surface area contributed by atoms with Crippen LogP contribution in [0.3, 0.4) is 0 Å². The summed E-state index contributed by atoms with van der Waals surface area (Å²) in [6, 6.07) is 20.4. The second-order valence-electron chi connectivity index (χ2n) is 5.53. The van der Waals surface area contributed by atoms with E-state index in [0.29, 0.717) is 5.71 Å². The number of nitrogens with one attached hydrogen (secondary N) is 1. The molecule has 0 amide bonds. The van der Waals surface area contributed by atoms with Crippen molar-refractivity contribution < 1.29 is 0 Å². The Morgan fingerprint density at radius 1 is 1.00 bits per heavy atom. The van der Waals surface area contributed by atoms with Crippen LogP contribution in [0.5, 0.6) is 0 Å². The molecule has 1 aromatic carbocycles. The van der Waals surface area contributed by atoms with Crippen molar-refractivity contribution in [1.29, 1.82) is 5.41 Å². The average Bonchev–Trinajstić information content (AvgIpc) is 2.52. The molecule has 0 aliphatic carbocycles. The first-order valence-electron chi connectivity index (χ1n) is 7.69. The molecule has 0 saturated carbocycles. The lowest BCUT2D eigenvalue weighted by Gasteiger charge is -2.23. The molecule has 0 aliphatic heterocycles. The largest absolute Gasteiger partial charge is 0.370 e. The number of pyridine rings is 1. The summed E-state index contributed by atoms with van der Waals surface area (Å²) in [4.78, 5) is 6.48. The van der Waals surface area contributed by atoms with Gasteiger partial charge >= 0.3 is 0 Å². The molecular weight excluding hydrogens is 282 g/mol. The molecule has 0 fully saturated rings. The molecule has 2 aromatic rings. The van der Waals surface area contributed by atoms with E-state index in [-0.39, 0.29) is 0 Å². The summed E-state index contributed by atoms with van der Waals surface area (Å²) in [5, 5.41) is 8.02. The summed E-state index contributed by atoms with van der Waals surface area (Å²) in [5.74, 6) is 0. The SMILES string of the molecule is CC(=N)c1c(N(C)Cc2ccccccccc2)ccnc1C. The summed E-state index contributed by atoms with van der Waals surface area (Å²) in [6.07, 6.45) is 1.80. The molecular formula is C20H23N3. The van der Waals surface area contributed by atoms with E-state index in [4.69, 9.17) is 5.41 Å². The summed E-state index contributed by atoms with van der Waals surface area (Å²) in [6.45, 7) is 4.53. The molecule has 1 aromatic heterocycles. The van der Waals surface area contributed by atoms with Gasteiger partial charge in [0.15, 0.2) is 0 Å². The number of hydrogen-bond acceptors (Lipinski definition) is 3. The van der Waals surface area contributed by atoms with Crippen molar-refractivity contribution in [3.8, 4) is 0 Å². The van der Waals surface area contributed by atoms with Gasteiger partial charge in [0.2, 0.25) is 0 Å². The smallest absolute Gasteiger partial charge is 0.0492 e. The van der Waals surface area contributed by atoms with Crippen molar-refractivity contribution >= 4 is 11.4 Å². The van der Waals surface area contributed by atoms with Crippen LogP contribution in [0.4, 0.5) is 5.69 Å². The fourth-order valence-corrected chi connectivity index (χ4v) is 2.53. The number of aryl methyl sites for hydroxylation is 1. The third-order valence-corrected chi connectivity index (χ3v) is 3.61. The molecule has 23 heavy (non-hydrogen) atoms. The van der Waals surface area contributed by atoms with Crippen molar-refractivity contribution in [3.05, 3.63) is 83.7 Å². The van der Waals surface area contributed by atoms with Crippen molar-refractivity contribution in [3.63, 3.8) is 0 Å². The average molecular weight is 305 g/mol. The van der Waals surface area contributed by atoms with Crippen LogP contribution >= 0.6 is 0 Å². The number of aromatic nitrogens is 1. The van der Waals surface area contributed by atoms with Gasteiger partial charge in [0.25, 0.3) is 0 Å². The number of hydrogen-bond donors (Lipinski definition) is 1. The molecule has 118 valence electrons. The first-order valence-corrected chi connectivity index (χ1v) is 7.69. The summed E-state index contributed by atoms with van der Waals surface area (Å²) in [5.41, 5.74) is 4.59. The Bertz CT molecular complexity index is 711. The van der Waals surface area contributed by atoms with Gasteiger partial charge in [0.1, 0.15) is 0 Å². The number of rotatable bonds is 4. The number of anilines is 1. The van der Waals surface area contributed by atoms with E-state index in [0.717, 1.165) is 23.5 Å². The first kappa shape index (κ1) is 16.7. The Morgan fingerprint density at radius 3 is 2.13 bits per heavy atom. The lowest BCUT2D eigenvalue weighted by molar-refractivity contribution is 0.916. The van der Waals surface area contributed by atoms with Crippen LogP contribution in [0, 0.1) is 12.3 Å². The molecule has 0 bridgehead atoms. The highest BCUT2D eigenvalue weighted by atomic mass is 15.1. The fraction of sp³-hybridized carbons (Fsp3) is 0.200. The van der Waals surface area contributed by atoms with Crippen molar-refractivity contribution in [2.24, 2.45) is 0 Å². The highest BCUT2D eigenvalue weighted by Crippen LogP contribution is 2.23. The first-order chi connectivity index (χ1) is 11.1. The van der Waals surface area contributed by atoms with E-state index < -0.39 is 0 Å². The Kier molecular flexibility index (Phi) is 5.87. The van der Waals surface area contributed by atoms with Gasteiger partial charge in [-0.15, -0.1) is 0 Å². The minimum Gasteiger partial charge on any atom is -0.370 e. The Labute approximate surface area is 138 Å². The second kappa shape index (κ2) is 8.08. The van der Waals surface area contributed by atoms with Crippen molar-refractivity contribution in [2.75, 3.05) is 11.9 Å². The lowest BCUT2D eigenvalue weighted by Crippen LogP contribution is -2.19. The molecule has 2 rings (SSSR count). The zero-order valence-electron chi connectivity index (χ0n) is 14.0. The number of nitrogens with zero attached hydrogens (tertiary/aromatic N) is 2. The van der Waals surface area contributed by atoms with Crippen LogP contribution in [0.15, 0.2) is 66.9 Å². The molecule has 0 aliphatic rings. The summed E-state index contributed by atoms with van der Waals surface area (Å²) in [7, 11) is 2.05. The Hall–Kier alpha value is -2.68. The normalized spacial score (nSPS) is 9.87. The zero-order valence-corrected chi connectivity index (χ0v) is 14.0. The standard InChI is InChI=1S/C20H23N3/c1-16(21)20-17(2)22-14-13-19(20)23(3)15-18-11-9-7-5-4-6-8-10-12-18/h4-14,21H,15H2,1-3H3. The molecule has 1 heterocycles. The predicted octanol–water partition coefficient (Wildman–Crippen LogP) is 4.54. The van der Waals surface area contributed by atoms with Gasteiger partial charge in [0.05, 0.1) is 0 Å². The molecule has 0 spiro atoms. The molecule has 3 nitrogen and oxygen atoms in total. The van der Waals surface area contributed by atoms with Gasteiger partial charge in [-0.2, -0.15) is 0 Å². The van der Waals surface area contributed by atoms with Crippen molar-refractivity contribution in [1.82, 2.24) is 4.98 Å². The van der Waals surface area contributed by atoms with Crippen LogP contribution in [-0.2, 0) is 6.54 Å². The van der Waals surface area contributed by atoms with E-state index in [9.17, 15) is 0 Å². The molecule has 0 unspecified atom stereocenters. The van der Waals surface area contributed by atoms with E-state index in [1.54, 1.807) is 6.20 Å². The van der Waals surface area contributed by atoms with Crippen LogP contribution in [0.25, 0.3) is 0 Å². The Balaban J connectivity index is 2.35. The summed E-state index contributed by atoms with van der Waals surface area (Å²) >= 11 is 0. The van der Waals surface area contributed by atoms with E-state index in [1.807, 2.05) is 69.4 Å². The minimum absolute atomic E-state index is 0.542. The predicted molar refractivity (Wildman–Crippen MR) is 97.7 cm³/mol. The third kappa shape index (κ3) is 4.65. The quantitative estimate of drug-likeness (QED) is 0.842. The van der Waals surface area contributed by atoms with Crippen LogP contribution in [-0.4, -0.2) is 17.7 Å². The summed E-state index contributed by atoms with van der Waals surface area (Å²) < 4.78 is 0. The minimum atomic E-state index is 0.542. The molecule has 0 atom stereocenters. The van der Waals surface area contributed by atoms with Gasteiger partial charge in [-0.25, -0.2) is 0 Å². The maximum Gasteiger partial charge on any atom is 0.0492 e. The maximum atomic E-state index is 8.02. The van der Waals surface area contributed by atoms with Gasteiger partial charge in [-0.3, -0.25) is 4.98 Å². The van der Waals surface area contributed by atoms with E-state index in [1.165, 1.54) is 5.56 Å². The van der Waals surface area contributed by atoms with Crippen LogP contribution in [0.1, 0.15) is 23.7 Å². The second-order valence-corrected chi connectivity index (χ2v) is 5.53. The highest BCUT2D eigenvalue weighted by molar-refractivity contribution is 6.02. The Morgan fingerprint density at radius 2 is 1.57 bits per heavy atom. The van der Waals surface area contributed by atoms with E-state index >= 15 is 0 Å². The molecule has 1 N–H and O–H groups in total. The molecule has 3 heteroatoms. The topological polar surface area (TPSA) is 40.0 Å².